The standard InChI is InChI=1S/C15H11.C4H10.Al/c1-2-6-12(7-3-1)15-10-13-8-4-5-9-14(13)11-15;1-3-4-2;/h1-11H;3-4H2,1-2H3;. The highest BCUT2D eigenvalue weighted by Gasteiger charge is 2.20. The molecule has 0 aliphatic heterocycles. The molecule has 0 fully saturated rings. The summed E-state index contributed by atoms with van der Waals surface area (Å²) in [5, 5.41) is 0. The molecular formula is C19H21Al. The fourth-order valence-corrected chi connectivity index (χ4v) is 2.84. The summed E-state index contributed by atoms with van der Waals surface area (Å²) in [6, 6.07) is 19.2. The molecule has 2 aromatic rings. The molecule has 2 aromatic carbocycles. The Balaban J connectivity index is 0.000000328. The van der Waals surface area contributed by atoms with E-state index in [1.54, 1.807) is 0 Å². The molecule has 0 amide bonds. The predicted molar refractivity (Wildman–Crippen MR) is 89.8 cm³/mol. The second-order valence-electron chi connectivity index (χ2n) is 5.07. The molecule has 2 radical (unpaired) electrons. The average molecular weight is 276 g/mol. The van der Waals surface area contributed by atoms with Gasteiger partial charge in [0.15, 0.2) is 0 Å². The van der Waals surface area contributed by atoms with E-state index in [2.05, 4.69) is 90.8 Å². The fraction of sp³-hybridized carbons (Fsp3) is 0.263. The van der Waals surface area contributed by atoms with E-state index in [0.717, 1.165) is 0 Å². The Morgan fingerprint density at radius 1 is 0.850 bits per heavy atom. The first-order valence-corrected chi connectivity index (χ1v) is 8.06. The number of benzene rings is 2. The van der Waals surface area contributed by atoms with Gasteiger partial charge in [-0.2, -0.15) is 0 Å². The highest BCUT2D eigenvalue weighted by molar-refractivity contribution is 6.23. The second kappa shape index (κ2) is 7.48. The summed E-state index contributed by atoms with van der Waals surface area (Å²) in [6.45, 7) is 4.36. The third-order valence-electron chi connectivity index (χ3n) is 3.58. The lowest BCUT2D eigenvalue weighted by molar-refractivity contribution is 0.886. The van der Waals surface area contributed by atoms with Crippen LogP contribution in [0.2, 0.25) is 0 Å². The van der Waals surface area contributed by atoms with Crippen LogP contribution < -0.4 is 0 Å². The van der Waals surface area contributed by atoms with Crippen molar-refractivity contribution in [2.75, 3.05) is 0 Å². The Morgan fingerprint density at radius 3 is 2.05 bits per heavy atom. The van der Waals surface area contributed by atoms with Crippen LogP contribution in [-0.2, 0) is 0 Å². The average Bonchev–Trinajstić information content (AvgIpc) is 2.86. The molecule has 0 N–H and O–H groups in total. The van der Waals surface area contributed by atoms with Crippen LogP contribution in [0.3, 0.4) is 0 Å². The topological polar surface area (TPSA) is 0 Å². The first-order valence-electron chi connectivity index (χ1n) is 7.39. The summed E-state index contributed by atoms with van der Waals surface area (Å²) >= 11 is 2.94. The van der Waals surface area contributed by atoms with Gasteiger partial charge in [0.05, 0.1) is 0 Å². The Hall–Kier alpha value is -1.29. The maximum Gasteiger partial charge on any atom is 0.139 e. The van der Waals surface area contributed by atoms with Crippen LogP contribution in [0, 0.1) is 0 Å². The molecule has 0 spiro atoms. The van der Waals surface area contributed by atoms with Gasteiger partial charge in [0.2, 0.25) is 0 Å². The minimum atomic E-state index is 0.429. The van der Waals surface area contributed by atoms with E-state index < -0.39 is 0 Å². The van der Waals surface area contributed by atoms with Gasteiger partial charge >= 0.3 is 0 Å². The van der Waals surface area contributed by atoms with Gasteiger partial charge in [0, 0.05) is 0 Å². The van der Waals surface area contributed by atoms with E-state index in [1.165, 1.54) is 35.1 Å². The molecule has 100 valence electrons. The van der Waals surface area contributed by atoms with Gasteiger partial charge in [-0.05, 0) is 22.3 Å². The molecule has 0 saturated carbocycles. The van der Waals surface area contributed by atoms with Crippen LogP contribution >= 0.6 is 0 Å². The molecule has 1 atom stereocenters. The van der Waals surface area contributed by atoms with Gasteiger partial charge in [0.1, 0.15) is 16.3 Å². The van der Waals surface area contributed by atoms with E-state index >= 15 is 0 Å². The quantitative estimate of drug-likeness (QED) is 0.657. The number of rotatable bonds is 2. The zero-order valence-electron chi connectivity index (χ0n) is 12.3. The van der Waals surface area contributed by atoms with Crippen molar-refractivity contribution in [2.24, 2.45) is 0 Å². The number of hydrogen-bond acceptors (Lipinski definition) is 0. The first kappa shape index (κ1) is 15.1. The zero-order valence-corrected chi connectivity index (χ0v) is 13.5. The summed E-state index contributed by atoms with van der Waals surface area (Å²) in [4.78, 5) is 0. The van der Waals surface area contributed by atoms with Crippen LogP contribution in [0.5, 0.6) is 0 Å². The van der Waals surface area contributed by atoms with Gasteiger partial charge in [0.25, 0.3) is 0 Å². The van der Waals surface area contributed by atoms with Crippen molar-refractivity contribution in [3.8, 4) is 0 Å². The third kappa shape index (κ3) is 3.42. The maximum atomic E-state index is 2.94. The lowest BCUT2D eigenvalue weighted by Gasteiger charge is -2.12. The molecule has 0 saturated heterocycles. The van der Waals surface area contributed by atoms with Crippen LogP contribution in [0.25, 0.3) is 11.6 Å². The second-order valence-corrected chi connectivity index (χ2v) is 5.74. The van der Waals surface area contributed by atoms with Crippen molar-refractivity contribution in [1.82, 2.24) is 0 Å². The van der Waals surface area contributed by atoms with Gasteiger partial charge in [-0.1, -0.05) is 92.1 Å². The number of fused-ring (bicyclic) bond motifs is 1. The van der Waals surface area contributed by atoms with Crippen LogP contribution in [0.4, 0.5) is 0 Å². The largest absolute Gasteiger partial charge is 0.139 e. The van der Waals surface area contributed by atoms with E-state index in [4.69, 9.17) is 0 Å². The number of allylic oxidation sites excluding steroid dienone is 1. The minimum absolute atomic E-state index is 0.429. The lowest BCUT2D eigenvalue weighted by Crippen LogP contribution is -1.97. The zero-order chi connectivity index (χ0) is 14.4. The smallest absolute Gasteiger partial charge is 0.0654 e. The van der Waals surface area contributed by atoms with Gasteiger partial charge in [-0.25, -0.2) is 0 Å². The molecule has 0 bridgehead atoms. The third-order valence-corrected chi connectivity index (χ3v) is 4.30. The Bertz CT molecular complexity index is 567. The summed E-state index contributed by atoms with van der Waals surface area (Å²) < 4.78 is 0.429. The Kier molecular flexibility index (Phi) is 5.65. The molecular weight excluding hydrogens is 255 g/mol. The number of unbranched alkanes of at least 4 members (excludes halogenated alkanes) is 1. The normalized spacial score (nSPS) is 15.9. The van der Waals surface area contributed by atoms with Crippen molar-refractivity contribution in [3.05, 3.63) is 71.3 Å². The first-order chi connectivity index (χ1) is 9.77. The van der Waals surface area contributed by atoms with Crippen molar-refractivity contribution < 1.29 is 0 Å². The van der Waals surface area contributed by atoms with Gasteiger partial charge < -0.3 is 0 Å². The van der Waals surface area contributed by atoms with Crippen molar-refractivity contribution in [1.29, 1.82) is 0 Å². The molecule has 1 unspecified atom stereocenters. The highest BCUT2D eigenvalue weighted by Crippen LogP contribution is 2.39. The summed E-state index contributed by atoms with van der Waals surface area (Å²) in [6.07, 6.45) is 4.93. The van der Waals surface area contributed by atoms with E-state index in [1.807, 2.05) is 0 Å². The summed E-state index contributed by atoms with van der Waals surface area (Å²) in [7, 11) is 0. The molecule has 1 heteroatoms. The Labute approximate surface area is 131 Å². The van der Waals surface area contributed by atoms with E-state index in [-0.39, 0.29) is 0 Å². The Morgan fingerprint density at radius 2 is 1.45 bits per heavy atom. The van der Waals surface area contributed by atoms with Crippen LogP contribution in [0.1, 0.15) is 48.2 Å². The van der Waals surface area contributed by atoms with Crippen molar-refractivity contribution >= 4 is 27.9 Å². The monoisotopic (exact) mass is 276 g/mol. The molecule has 0 nitrogen and oxygen atoms in total. The molecule has 0 aromatic heterocycles. The van der Waals surface area contributed by atoms with Gasteiger partial charge in [-0.15, -0.1) is 0 Å². The maximum absolute atomic E-state index is 2.94. The van der Waals surface area contributed by atoms with Crippen LogP contribution in [-0.4, -0.2) is 16.3 Å². The molecule has 20 heavy (non-hydrogen) atoms. The molecule has 1 aliphatic rings. The predicted octanol–water partition coefficient (Wildman–Crippen LogP) is 5.26. The van der Waals surface area contributed by atoms with E-state index in [0.29, 0.717) is 4.78 Å². The van der Waals surface area contributed by atoms with Crippen LogP contribution in [0.15, 0.2) is 54.6 Å². The summed E-state index contributed by atoms with van der Waals surface area (Å²) in [5.41, 5.74) is 5.47. The molecule has 3 rings (SSSR count). The lowest BCUT2D eigenvalue weighted by atomic mass is 10.0. The van der Waals surface area contributed by atoms with Gasteiger partial charge in [-0.3, -0.25) is 0 Å². The molecule has 0 heterocycles. The SMILES string of the molecule is CCCC.[Al][CH]1C(c2ccccc2)=Cc2ccccc21. The van der Waals surface area contributed by atoms with Crippen molar-refractivity contribution in [2.45, 2.75) is 31.5 Å². The van der Waals surface area contributed by atoms with E-state index in [9.17, 15) is 0 Å². The molecule has 1 aliphatic carbocycles. The summed E-state index contributed by atoms with van der Waals surface area (Å²) in [5.74, 6) is 0. The highest BCUT2D eigenvalue weighted by atomic mass is 27.0. The van der Waals surface area contributed by atoms with Crippen molar-refractivity contribution in [3.63, 3.8) is 0 Å². The number of hydrogen-bond donors (Lipinski definition) is 0. The minimum Gasteiger partial charge on any atom is -0.0654 e. The fourth-order valence-electron chi connectivity index (χ4n) is 2.24.